The van der Waals surface area contributed by atoms with Gasteiger partial charge in [0.25, 0.3) is 0 Å². The second-order valence-corrected chi connectivity index (χ2v) is 12.9. The molecule has 2 aromatic carbocycles. The van der Waals surface area contributed by atoms with Crippen molar-refractivity contribution in [1.82, 2.24) is 10.6 Å². The summed E-state index contributed by atoms with van der Waals surface area (Å²) in [6, 6.07) is 10.3. The number of hydrogen-bond donors (Lipinski definition) is 4. The number of aliphatic hydroxyl groups excluding tert-OH is 1. The Kier molecular flexibility index (Phi) is 10.1. The Labute approximate surface area is 236 Å². The van der Waals surface area contributed by atoms with Gasteiger partial charge in [-0.25, -0.2) is 8.78 Å². The number of carbonyl (C=O) groups is 2. The first-order chi connectivity index (χ1) is 18.6. The summed E-state index contributed by atoms with van der Waals surface area (Å²) in [5, 5.41) is 27.0. The Morgan fingerprint density at radius 2 is 1.60 bits per heavy atom. The van der Waals surface area contributed by atoms with Gasteiger partial charge in [0.15, 0.2) is 0 Å². The summed E-state index contributed by atoms with van der Waals surface area (Å²) in [7, 11) is 0. The number of benzene rings is 2. The number of carboxylic acid groups (broad SMARTS) is 1. The minimum Gasteiger partial charge on any atom is -0.481 e. The van der Waals surface area contributed by atoms with E-state index in [9.17, 15) is 28.6 Å². The van der Waals surface area contributed by atoms with E-state index >= 15 is 0 Å². The van der Waals surface area contributed by atoms with Crippen LogP contribution in [0.3, 0.4) is 0 Å². The van der Waals surface area contributed by atoms with Crippen molar-refractivity contribution in [3.8, 4) is 0 Å². The van der Waals surface area contributed by atoms with Crippen molar-refractivity contribution in [2.75, 3.05) is 6.54 Å². The molecule has 220 valence electrons. The Hall–Kier alpha value is -2.84. The second kappa shape index (κ2) is 12.8. The summed E-state index contributed by atoms with van der Waals surface area (Å²) < 4.78 is 28.3. The zero-order chi connectivity index (χ0) is 29.7. The third kappa shape index (κ3) is 8.10. The second-order valence-electron chi connectivity index (χ2n) is 12.9. The smallest absolute Gasteiger partial charge is 0.309 e. The Morgan fingerprint density at radius 1 is 0.975 bits per heavy atom. The molecule has 1 amide bonds. The van der Waals surface area contributed by atoms with Gasteiger partial charge in [-0.15, -0.1) is 0 Å². The Balaban J connectivity index is 1.85. The number of carboxylic acids is 1. The molecule has 1 aliphatic rings. The number of hydrogen-bond acceptors (Lipinski definition) is 4. The molecule has 1 fully saturated rings. The Morgan fingerprint density at radius 3 is 2.17 bits per heavy atom. The van der Waals surface area contributed by atoms with Gasteiger partial charge in [0, 0.05) is 24.6 Å². The van der Waals surface area contributed by atoms with E-state index in [4.69, 9.17) is 0 Å². The number of carbonyl (C=O) groups excluding carboxylic acids is 1. The first-order valence-corrected chi connectivity index (χ1v) is 14.2. The molecule has 6 nitrogen and oxygen atoms in total. The summed E-state index contributed by atoms with van der Waals surface area (Å²) in [4.78, 5) is 24.3. The van der Waals surface area contributed by atoms with Gasteiger partial charge in [0.2, 0.25) is 5.91 Å². The molecule has 40 heavy (non-hydrogen) atoms. The van der Waals surface area contributed by atoms with Crippen molar-refractivity contribution in [2.45, 2.75) is 103 Å². The third-order valence-electron chi connectivity index (χ3n) is 8.14. The van der Waals surface area contributed by atoms with E-state index in [0.29, 0.717) is 0 Å². The average molecular weight is 559 g/mol. The van der Waals surface area contributed by atoms with E-state index in [0.717, 1.165) is 55.9 Å². The van der Waals surface area contributed by atoms with Gasteiger partial charge in [-0.1, -0.05) is 64.3 Å². The third-order valence-corrected chi connectivity index (χ3v) is 8.14. The molecule has 4 N–H and O–H groups in total. The normalized spacial score (nSPS) is 17.2. The topological polar surface area (TPSA) is 98.7 Å². The van der Waals surface area contributed by atoms with Crippen LogP contribution in [0.25, 0.3) is 0 Å². The van der Waals surface area contributed by atoms with Crippen LogP contribution in [0.1, 0.15) is 102 Å². The molecule has 0 bridgehead atoms. The van der Waals surface area contributed by atoms with Crippen LogP contribution in [-0.2, 0) is 20.5 Å². The number of halogens is 2. The van der Waals surface area contributed by atoms with E-state index in [1.807, 2.05) is 0 Å². The molecular formula is C32H44F2N2O4. The van der Waals surface area contributed by atoms with Gasteiger partial charge < -0.3 is 20.8 Å². The first kappa shape index (κ1) is 31.7. The first-order valence-electron chi connectivity index (χ1n) is 14.2. The standard InChI is InChI=1S/C32H44F2N2O4/c1-30(2,3)22-10-9-11-23(18-22)32(13-7-6-8-14-32)35-20-26(37)28(21-16-24(33)19-25(34)17-21)36-27(38)12-15-31(4,5)29(39)40/h9-11,16-19,26,28,35,37H,6-8,12-15,20H2,1-5H3,(H,36,38)(H,39,40)/t26-,28?/m1/s1. The van der Waals surface area contributed by atoms with Crippen LogP contribution in [0.5, 0.6) is 0 Å². The van der Waals surface area contributed by atoms with Crippen LogP contribution in [-0.4, -0.2) is 34.7 Å². The van der Waals surface area contributed by atoms with Crippen LogP contribution in [0.2, 0.25) is 0 Å². The van der Waals surface area contributed by atoms with Crippen LogP contribution in [0.4, 0.5) is 8.78 Å². The molecule has 0 radical (unpaired) electrons. The van der Waals surface area contributed by atoms with Gasteiger partial charge in [-0.2, -0.15) is 0 Å². The lowest BCUT2D eigenvalue weighted by atomic mass is 9.74. The summed E-state index contributed by atoms with van der Waals surface area (Å²) in [6.07, 6.45) is 3.68. The molecule has 0 saturated heterocycles. The molecule has 1 unspecified atom stereocenters. The summed E-state index contributed by atoms with van der Waals surface area (Å²) in [6.45, 7) is 9.63. The molecule has 1 saturated carbocycles. The fourth-order valence-corrected chi connectivity index (χ4v) is 5.36. The molecule has 1 aliphatic carbocycles. The lowest BCUT2D eigenvalue weighted by Crippen LogP contribution is -2.50. The minimum atomic E-state index is -1.21. The summed E-state index contributed by atoms with van der Waals surface area (Å²) in [5.41, 5.74) is 0.921. The number of aliphatic carboxylic acids is 1. The van der Waals surface area contributed by atoms with Gasteiger partial charge in [0.1, 0.15) is 11.6 Å². The summed E-state index contributed by atoms with van der Waals surface area (Å²) >= 11 is 0. The zero-order valence-electron chi connectivity index (χ0n) is 24.3. The number of rotatable bonds is 11. The average Bonchev–Trinajstić information content (AvgIpc) is 2.88. The van der Waals surface area contributed by atoms with Crippen LogP contribution in [0.15, 0.2) is 42.5 Å². The van der Waals surface area contributed by atoms with Crippen molar-refractivity contribution < 1.29 is 28.6 Å². The van der Waals surface area contributed by atoms with Crippen LogP contribution in [0, 0.1) is 17.0 Å². The number of aliphatic hydroxyl groups is 1. The SMILES string of the molecule is CC(C)(CCC(=O)NC(c1cc(F)cc(F)c1)[C@H](O)CNC1(c2cccc(C(C)(C)C)c2)CCCCC1)C(=O)O. The number of amides is 1. The van der Waals surface area contributed by atoms with E-state index in [-0.39, 0.29) is 35.9 Å². The highest BCUT2D eigenvalue weighted by Crippen LogP contribution is 2.39. The van der Waals surface area contributed by atoms with Crippen LogP contribution < -0.4 is 10.6 Å². The monoisotopic (exact) mass is 558 g/mol. The fourth-order valence-electron chi connectivity index (χ4n) is 5.36. The zero-order valence-corrected chi connectivity index (χ0v) is 24.3. The highest BCUT2D eigenvalue weighted by Gasteiger charge is 2.36. The molecule has 3 rings (SSSR count). The van der Waals surface area contributed by atoms with Gasteiger partial charge in [-0.3, -0.25) is 9.59 Å². The molecule has 0 aliphatic heterocycles. The van der Waals surface area contributed by atoms with Crippen LogP contribution >= 0.6 is 0 Å². The molecular weight excluding hydrogens is 514 g/mol. The quantitative estimate of drug-likeness (QED) is 0.266. The lowest BCUT2D eigenvalue weighted by Gasteiger charge is -2.41. The Bertz CT molecular complexity index is 1170. The van der Waals surface area contributed by atoms with Crippen molar-refractivity contribution in [3.63, 3.8) is 0 Å². The maximum absolute atomic E-state index is 14.2. The minimum absolute atomic E-state index is 0.0303. The van der Waals surface area contributed by atoms with Crippen molar-refractivity contribution in [1.29, 1.82) is 0 Å². The maximum atomic E-state index is 14.2. The fraction of sp³-hybridized carbons (Fsp3) is 0.562. The summed E-state index contributed by atoms with van der Waals surface area (Å²) in [5.74, 6) is -3.16. The molecule has 2 atom stereocenters. The van der Waals surface area contributed by atoms with Gasteiger partial charge in [0.05, 0.1) is 17.6 Å². The molecule has 8 heteroatoms. The lowest BCUT2D eigenvalue weighted by molar-refractivity contribution is -0.147. The van der Waals surface area contributed by atoms with Crippen molar-refractivity contribution >= 4 is 11.9 Å². The maximum Gasteiger partial charge on any atom is 0.309 e. The van der Waals surface area contributed by atoms with Gasteiger partial charge in [-0.05, 0) is 67.3 Å². The van der Waals surface area contributed by atoms with Crippen molar-refractivity contribution in [3.05, 3.63) is 70.8 Å². The predicted octanol–water partition coefficient (Wildman–Crippen LogP) is 6.12. The van der Waals surface area contributed by atoms with E-state index < -0.39 is 41.1 Å². The largest absolute Gasteiger partial charge is 0.481 e. The van der Waals surface area contributed by atoms with E-state index in [1.54, 1.807) is 0 Å². The van der Waals surface area contributed by atoms with Gasteiger partial charge >= 0.3 is 5.97 Å². The number of nitrogens with one attached hydrogen (secondary N) is 2. The van der Waals surface area contributed by atoms with Crippen molar-refractivity contribution in [2.24, 2.45) is 5.41 Å². The van der Waals surface area contributed by atoms with E-state index in [1.165, 1.54) is 19.4 Å². The molecule has 0 heterocycles. The molecule has 2 aromatic rings. The van der Waals surface area contributed by atoms with E-state index in [2.05, 4.69) is 55.7 Å². The highest BCUT2D eigenvalue weighted by atomic mass is 19.1. The predicted molar refractivity (Wildman–Crippen MR) is 152 cm³/mol. The molecule has 0 aromatic heterocycles. The highest BCUT2D eigenvalue weighted by molar-refractivity contribution is 5.79. The molecule has 0 spiro atoms.